The van der Waals surface area contributed by atoms with Crippen molar-refractivity contribution in [1.29, 1.82) is 0 Å². The first-order valence-electron chi connectivity index (χ1n) is 10.8. The topological polar surface area (TPSA) is 73.4 Å². The maximum Gasteiger partial charge on any atom is 0.374 e. The molecule has 30 heavy (non-hydrogen) atoms. The predicted octanol–water partition coefficient (Wildman–Crippen LogP) is 4.82. The second-order valence-corrected chi connectivity index (χ2v) is 8.79. The SMILES string of the molecule is CCOC(=O)c1oc2ccccc2c1CSc1nnc(N2CCCCC2)n1C1CC1. The summed E-state index contributed by atoms with van der Waals surface area (Å²) >= 11 is 1.62. The van der Waals surface area contributed by atoms with Crippen molar-refractivity contribution in [3.63, 3.8) is 0 Å². The minimum atomic E-state index is -0.415. The number of benzene rings is 1. The quantitative estimate of drug-likeness (QED) is 0.396. The van der Waals surface area contributed by atoms with Gasteiger partial charge in [0.15, 0.2) is 5.16 Å². The van der Waals surface area contributed by atoms with Gasteiger partial charge in [0.1, 0.15) is 5.58 Å². The molecule has 0 radical (unpaired) electrons. The summed E-state index contributed by atoms with van der Waals surface area (Å²) < 4.78 is 13.4. The predicted molar refractivity (Wildman–Crippen MR) is 116 cm³/mol. The zero-order valence-electron chi connectivity index (χ0n) is 17.2. The Morgan fingerprint density at radius 1 is 1.20 bits per heavy atom. The van der Waals surface area contributed by atoms with E-state index in [2.05, 4.69) is 19.7 Å². The summed E-state index contributed by atoms with van der Waals surface area (Å²) in [5, 5.41) is 10.9. The van der Waals surface area contributed by atoms with Crippen LogP contribution >= 0.6 is 11.8 Å². The number of anilines is 1. The fraction of sp³-hybridized carbons (Fsp3) is 0.500. The molecule has 2 aliphatic rings. The number of thioether (sulfide) groups is 1. The van der Waals surface area contributed by atoms with Gasteiger partial charge in [-0.3, -0.25) is 4.57 Å². The summed E-state index contributed by atoms with van der Waals surface area (Å²) in [5.74, 6) is 1.46. The van der Waals surface area contributed by atoms with Gasteiger partial charge in [0, 0.05) is 35.8 Å². The van der Waals surface area contributed by atoms with Crippen LogP contribution in [0.25, 0.3) is 11.0 Å². The van der Waals surface area contributed by atoms with E-state index < -0.39 is 5.97 Å². The summed E-state index contributed by atoms with van der Waals surface area (Å²) in [7, 11) is 0. The molecule has 1 saturated carbocycles. The Morgan fingerprint density at radius 3 is 2.77 bits per heavy atom. The molecular weight excluding hydrogens is 400 g/mol. The van der Waals surface area contributed by atoms with Gasteiger partial charge in [0.2, 0.25) is 11.7 Å². The smallest absolute Gasteiger partial charge is 0.374 e. The number of carbonyl (C=O) groups excluding carboxylic acids is 1. The molecule has 0 bridgehead atoms. The van der Waals surface area contributed by atoms with Crippen molar-refractivity contribution in [2.24, 2.45) is 0 Å². The zero-order chi connectivity index (χ0) is 20.5. The number of hydrogen-bond acceptors (Lipinski definition) is 7. The maximum atomic E-state index is 12.5. The number of esters is 1. The van der Waals surface area contributed by atoms with Gasteiger partial charge >= 0.3 is 5.97 Å². The molecule has 8 heteroatoms. The van der Waals surface area contributed by atoms with Gasteiger partial charge in [-0.2, -0.15) is 0 Å². The molecule has 0 N–H and O–H groups in total. The second-order valence-electron chi connectivity index (χ2n) is 7.85. The highest BCUT2D eigenvalue weighted by molar-refractivity contribution is 7.98. The summed E-state index contributed by atoms with van der Waals surface area (Å²) in [6, 6.07) is 8.23. The summed E-state index contributed by atoms with van der Waals surface area (Å²) in [6.07, 6.45) is 6.07. The average molecular weight is 427 g/mol. The summed E-state index contributed by atoms with van der Waals surface area (Å²) in [6.45, 7) is 4.22. The van der Waals surface area contributed by atoms with E-state index in [1.807, 2.05) is 24.3 Å². The lowest BCUT2D eigenvalue weighted by atomic mass is 10.1. The number of nitrogens with zero attached hydrogens (tertiary/aromatic N) is 4. The third-order valence-corrected chi connectivity index (χ3v) is 6.67. The first-order valence-corrected chi connectivity index (χ1v) is 11.7. The Hall–Kier alpha value is -2.48. The summed E-state index contributed by atoms with van der Waals surface area (Å²) in [5.41, 5.74) is 1.56. The average Bonchev–Trinajstić information content (AvgIpc) is 3.42. The van der Waals surface area contributed by atoms with Gasteiger partial charge < -0.3 is 14.1 Å². The van der Waals surface area contributed by atoms with Crippen molar-refractivity contribution < 1.29 is 13.9 Å². The Labute approximate surface area is 179 Å². The highest BCUT2D eigenvalue weighted by Gasteiger charge is 2.32. The van der Waals surface area contributed by atoms with Crippen LogP contribution in [0.5, 0.6) is 0 Å². The number of aromatic nitrogens is 3. The second kappa shape index (κ2) is 8.34. The van der Waals surface area contributed by atoms with E-state index in [1.54, 1.807) is 18.7 Å². The third-order valence-electron chi connectivity index (χ3n) is 5.70. The number of fused-ring (bicyclic) bond motifs is 1. The molecule has 3 heterocycles. The molecule has 158 valence electrons. The van der Waals surface area contributed by atoms with Crippen LogP contribution in [0, 0.1) is 0 Å². The standard InChI is InChI=1S/C22H26N4O3S/c1-2-28-20(27)19-17(16-8-4-5-9-18(16)29-19)14-30-22-24-23-21(26(22)15-10-11-15)25-12-6-3-7-13-25/h4-5,8-9,15H,2-3,6-7,10-14H2,1H3. The van der Waals surface area contributed by atoms with E-state index in [4.69, 9.17) is 9.15 Å². The largest absolute Gasteiger partial charge is 0.460 e. The molecule has 1 aliphatic carbocycles. The molecule has 0 atom stereocenters. The number of ether oxygens (including phenoxy) is 1. The number of furan rings is 1. The van der Waals surface area contributed by atoms with Gasteiger partial charge in [-0.05, 0) is 45.1 Å². The van der Waals surface area contributed by atoms with Crippen LogP contribution in [0.3, 0.4) is 0 Å². The van der Waals surface area contributed by atoms with Gasteiger partial charge in [-0.25, -0.2) is 4.79 Å². The van der Waals surface area contributed by atoms with Crippen molar-refractivity contribution in [3.05, 3.63) is 35.6 Å². The first-order chi connectivity index (χ1) is 14.8. The molecule has 7 nitrogen and oxygen atoms in total. The number of rotatable bonds is 7. The lowest BCUT2D eigenvalue weighted by molar-refractivity contribution is 0.0491. The highest BCUT2D eigenvalue weighted by Crippen LogP contribution is 2.42. The molecule has 1 saturated heterocycles. The summed E-state index contributed by atoms with van der Waals surface area (Å²) in [4.78, 5) is 14.8. The number of carbonyl (C=O) groups is 1. The number of hydrogen-bond donors (Lipinski definition) is 0. The van der Waals surface area contributed by atoms with Crippen LogP contribution in [-0.4, -0.2) is 40.4 Å². The van der Waals surface area contributed by atoms with E-state index in [1.165, 1.54) is 32.1 Å². The molecule has 1 aliphatic heterocycles. The fourth-order valence-electron chi connectivity index (χ4n) is 4.07. The van der Waals surface area contributed by atoms with Gasteiger partial charge in [-0.1, -0.05) is 30.0 Å². The lowest BCUT2D eigenvalue weighted by Crippen LogP contribution is -2.31. The molecule has 3 aromatic rings. The van der Waals surface area contributed by atoms with Crippen molar-refractivity contribution in [2.45, 2.75) is 56.0 Å². The molecular formula is C22H26N4O3S. The van der Waals surface area contributed by atoms with E-state index in [0.29, 0.717) is 29.7 Å². The molecule has 5 rings (SSSR count). The van der Waals surface area contributed by atoms with Gasteiger partial charge in [0.25, 0.3) is 0 Å². The van der Waals surface area contributed by atoms with E-state index in [-0.39, 0.29) is 0 Å². The molecule has 2 fully saturated rings. The Morgan fingerprint density at radius 2 is 2.00 bits per heavy atom. The van der Waals surface area contributed by atoms with E-state index >= 15 is 0 Å². The van der Waals surface area contributed by atoms with Gasteiger partial charge in [0.05, 0.1) is 6.61 Å². The van der Waals surface area contributed by atoms with E-state index in [0.717, 1.165) is 35.1 Å². The molecule has 0 spiro atoms. The minimum absolute atomic E-state index is 0.291. The zero-order valence-corrected chi connectivity index (χ0v) is 18.0. The van der Waals surface area contributed by atoms with Crippen LogP contribution in [-0.2, 0) is 10.5 Å². The van der Waals surface area contributed by atoms with Crippen LogP contribution in [0.4, 0.5) is 5.95 Å². The molecule has 0 amide bonds. The maximum absolute atomic E-state index is 12.5. The fourth-order valence-corrected chi connectivity index (χ4v) is 5.10. The van der Waals surface area contributed by atoms with Crippen molar-refractivity contribution >= 4 is 34.6 Å². The van der Waals surface area contributed by atoms with Crippen LogP contribution < -0.4 is 4.90 Å². The van der Waals surface area contributed by atoms with Crippen LogP contribution in [0.2, 0.25) is 0 Å². The van der Waals surface area contributed by atoms with E-state index in [9.17, 15) is 4.79 Å². The van der Waals surface area contributed by atoms with Crippen molar-refractivity contribution in [2.75, 3.05) is 24.6 Å². The Bertz CT molecular complexity index is 1050. The molecule has 1 aromatic carbocycles. The number of para-hydroxylation sites is 1. The van der Waals surface area contributed by atoms with Crippen molar-refractivity contribution in [3.8, 4) is 0 Å². The van der Waals surface area contributed by atoms with Crippen LogP contribution in [0.15, 0.2) is 33.8 Å². The molecule has 2 aromatic heterocycles. The monoisotopic (exact) mass is 426 g/mol. The normalized spacial score (nSPS) is 16.9. The third kappa shape index (κ3) is 3.69. The van der Waals surface area contributed by atoms with Crippen LogP contribution in [0.1, 0.15) is 61.2 Å². The number of piperidine rings is 1. The highest BCUT2D eigenvalue weighted by atomic mass is 32.2. The minimum Gasteiger partial charge on any atom is -0.460 e. The Kier molecular flexibility index (Phi) is 5.41. The Balaban J connectivity index is 1.44. The van der Waals surface area contributed by atoms with Crippen molar-refractivity contribution in [1.82, 2.24) is 14.8 Å². The lowest BCUT2D eigenvalue weighted by Gasteiger charge is -2.27. The first kappa shape index (κ1) is 19.5. The van der Waals surface area contributed by atoms with Gasteiger partial charge in [-0.15, -0.1) is 10.2 Å². The molecule has 0 unspecified atom stereocenters.